The summed E-state index contributed by atoms with van der Waals surface area (Å²) < 4.78 is 5.80. The molecule has 1 amide bonds. The molecule has 0 unspecified atom stereocenters. The van der Waals surface area contributed by atoms with Crippen LogP contribution >= 0.6 is 0 Å². The first kappa shape index (κ1) is 20.9. The quantitative estimate of drug-likeness (QED) is 0.449. The van der Waals surface area contributed by atoms with Crippen molar-refractivity contribution in [3.05, 3.63) is 95.1 Å². The van der Waals surface area contributed by atoms with E-state index < -0.39 is 5.97 Å². The topological polar surface area (TPSA) is 105 Å². The largest absolute Gasteiger partial charge is 0.489 e. The van der Waals surface area contributed by atoms with Crippen LogP contribution in [0, 0.1) is 0 Å². The summed E-state index contributed by atoms with van der Waals surface area (Å²) in [6.45, 7) is 2.19. The molecule has 1 aliphatic heterocycles. The molecule has 0 radical (unpaired) electrons. The SMILES string of the molecule is CC1=NN(c2ccc(C(=O)O)cc2)C(=O)/C1=C\c1ccc(OCc2ccc(N)cc2)cc1. The minimum atomic E-state index is -1.02. The standard InChI is InChI=1S/C25H21N3O4/c1-16-23(24(29)28(27-16)21-10-6-19(7-11-21)25(30)31)14-17-4-12-22(13-5-17)32-15-18-2-8-20(26)9-3-18/h2-14H,15,26H2,1H3,(H,30,31)/b23-14-. The summed E-state index contributed by atoms with van der Waals surface area (Å²) in [5.74, 6) is -0.577. The molecule has 7 heteroatoms. The summed E-state index contributed by atoms with van der Waals surface area (Å²) in [4.78, 5) is 23.9. The highest BCUT2D eigenvalue weighted by atomic mass is 16.5. The molecule has 4 rings (SSSR count). The number of carbonyl (C=O) groups excluding carboxylic acids is 1. The number of nitrogen functional groups attached to an aromatic ring is 1. The number of ether oxygens (including phenoxy) is 1. The normalized spacial score (nSPS) is 14.5. The number of nitrogens with zero attached hydrogens (tertiary/aromatic N) is 2. The van der Waals surface area contributed by atoms with Crippen LogP contribution < -0.4 is 15.5 Å². The predicted molar refractivity (Wildman–Crippen MR) is 124 cm³/mol. The molecule has 1 heterocycles. The Kier molecular flexibility index (Phi) is 5.72. The van der Waals surface area contributed by atoms with Crippen molar-refractivity contribution in [1.82, 2.24) is 0 Å². The van der Waals surface area contributed by atoms with Crippen LogP contribution in [0.15, 0.2) is 83.5 Å². The molecule has 0 fully saturated rings. The van der Waals surface area contributed by atoms with Gasteiger partial charge in [-0.1, -0.05) is 24.3 Å². The smallest absolute Gasteiger partial charge is 0.335 e. The van der Waals surface area contributed by atoms with Crippen LogP contribution in [0.5, 0.6) is 5.75 Å². The van der Waals surface area contributed by atoms with Gasteiger partial charge in [-0.3, -0.25) is 4.79 Å². The molecule has 0 bridgehead atoms. The fourth-order valence-electron chi connectivity index (χ4n) is 3.21. The number of hydrazone groups is 1. The lowest BCUT2D eigenvalue weighted by Crippen LogP contribution is -2.21. The van der Waals surface area contributed by atoms with Crippen molar-refractivity contribution in [3.8, 4) is 5.75 Å². The van der Waals surface area contributed by atoms with Gasteiger partial charge in [-0.05, 0) is 72.7 Å². The lowest BCUT2D eigenvalue weighted by atomic mass is 10.1. The van der Waals surface area contributed by atoms with E-state index >= 15 is 0 Å². The Morgan fingerprint density at radius 1 is 1.03 bits per heavy atom. The monoisotopic (exact) mass is 427 g/mol. The third-order valence-corrected chi connectivity index (χ3v) is 5.00. The Morgan fingerprint density at radius 2 is 1.69 bits per heavy atom. The number of nitrogens with two attached hydrogens (primary N) is 1. The van der Waals surface area contributed by atoms with Gasteiger partial charge in [0.05, 0.1) is 22.5 Å². The van der Waals surface area contributed by atoms with Gasteiger partial charge in [-0.15, -0.1) is 0 Å². The molecule has 0 aromatic heterocycles. The Morgan fingerprint density at radius 3 is 2.31 bits per heavy atom. The van der Waals surface area contributed by atoms with Crippen LogP contribution in [-0.4, -0.2) is 22.7 Å². The first-order valence-corrected chi connectivity index (χ1v) is 9.93. The maximum absolute atomic E-state index is 12.9. The molecule has 0 spiro atoms. The van der Waals surface area contributed by atoms with Gasteiger partial charge in [-0.2, -0.15) is 10.1 Å². The number of anilines is 2. The molecule has 160 valence electrons. The zero-order chi connectivity index (χ0) is 22.7. The summed E-state index contributed by atoms with van der Waals surface area (Å²) in [5, 5.41) is 14.6. The minimum absolute atomic E-state index is 0.149. The van der Waals surface area contributed by atoms with E-state index in [0.29, 0.717) is 35.0 Å². The van der Waals surface area contributed by atoms with E-state index in [1.807, 2.05) is 48.5 Å². The molecule has 3 aromatic rings. The van der Waals surface area contributed by atoms with Gasteiger partial charge in [0, 0.05) is 5.69 Å². The van der Waals surface area contributed by atoms with Crippen molar-refractivity contribution in [2.24, 2.45) is 5.10 Å². The maximum Gasteiger partial charge on any atom is 0.335 e. The molecule has 32 heavy (non-hydrogen) atoms. The average Bonchev–Trinajstić information content (AvgIpc) is 3.08. The second-order valence-corrected chi connectivity index (χ2v) is 7.31. The van der Waals surface area contributed by atoms with Gasteiger partial charge in [0.25, 0.3) is 5.91 Å². The van der Waals surface area contributed by atoms with Crippen LogP contribution in [0.4, 0.5) is 11.4 Å². The highest BCUT2D eigenvalue weighted by molar-refractivity contribution is 6.32. The minimum Gasteiger partial charge on any atom is -0.489 e. The average molecular weight is 427 g/mol. The van der Waals surface area contributed by atoms with E-state index in [1.165, 1.54) is 17.1 Å². The molecule has 3 aromatic carbocycles. The number of carboxylic acid groups (broad SMARTS) is 1. The Labute approximate surface area is 185 Å². The Hall–Kier alpha value is -4.39. The van der Waals surface area contributed by atoms with Crippen molar-refractivity contribution in [1.29, 1.82) is 0 Å². The maximum atomic E-state index is 12.9. The third kappa shape index (κ3) is 4.52. The number of amides is 1. The zero-order valence-corrected chi connectivity index (χ0v) is 17.4. The van der Waals surface area contributed by atoms with Crippen molar-refractivity contribution >= 4 is 35.0 Å². The van der Waals surface area contributed by atoms with E-state index in [-0.39, 0.29) is 11.5 Å². The van der Waals surface area contributed by atoms with Crippen LogP contribution in [0.3, 0.4) is 0 Å². The number of hydrogen-bond acceptors (Lipinski definition) is 5. The second kappa shape index (κ2) is 8.77. The molecule has 3 N–H and O–H groups in total. The molecular formula is C25H21N3O4. The molecule has 7 nitrogen and oxygen atoms in total. The van der Waals surface area contributed by atoms with Gasteiger partial charge in [-0.25, -0.2) is 4.79 Å². The molecule has 0 saturated heterocycles. The highest BCUT2D eigenvalue weighted by Crippen LogP contribution is 2.26. The van der Waals surface area contributed by atoms with Crippen molar-refractivity contribution in [2.75, 3.05) is 10.7 Å². The fraction of sp³-hybridized carbons (Fsp3) is 0.0800. The van der Waals surface area contributed by atoms with Gasteiger partial charge in [0.1, 0.15) is 12.4 Å². The van der Waals surface area contributed by atoms with E-state index in [4.69, 9.17) is 15.6 Å². The molecule has 0 saturated carbocycles. The number of carbonyl (C=O) groups is 2. The first-order chi connectivity index (χ1) is 15.4. The van der Waals surface area contributed by atoms with Crippen molar-refractivity contribution in [3.63, 3.8) is 0 Å². The lowest BCUT2D eigenvalue weighted by molar-refractivity contribution is -0.114. The Balaban J connectivity index is 1.45. The molecule has 0 aliphatic carbocycles. The highest BCUT2D eigenvalue weighted by Gasteiger charge is 2.28. The number of carboxylic acids is 1. The summed E-state index contributed by atoms with van der Waals surface area (Å²) in [6.07, 6.45) is 1.77. The number of aromatic carboxylic acids is 1. The fourth-order valence-corrected chi connectivity index (χ4v) is 3.21. The van der Waals surface area contributed by atoms with E-state index in [1.54, 1.807) is 25.1 Å². The van der Waals surface area contributed by atoms with Gasteiger partial charge in [0.2, 0.25) is 0 Å². The Bertz CT molecular complexity index is 1210. The lowest BCUT2D eigenvalue weighted by Gasteiger charge is -2.11. The second-order valence-electron chi connectivity index (χ2n) is 7.31. The first-order valence-electron chi connectivity index (χ1n) is 9.93. The summed E-state index contributed by atoms with van der Waals surface area (Å²) in [6, 6.07) is 21.0. The number of rotatable bonds is 6. The third-order valence-electron chi connectivity index (χ3n) is 5.00. The van der Waals surface area contributed by atoms with Crippen LogP contribution in [0.2, 0.25) is 0 Å². The molecule has 1 aliphatic rings. The molecular weight excluding hydrogens is 406 g/mol. The molecule has 0 atom stereocenters. The number of benzene rings is 3. The van der Waals surface area contributed by atoms with Crippen LogP contribution in [0.25, 0.3) is 6.08 Å². The van der Waals surface area contributed by atoms with E-state index in [2.05, 4.69) is 5.10 Å². The van der Waals surface area contributed by atoms with E-state index in [0.717, 1.165) is 11.1 Å². The summed E-state index contributed by atoms with van der Waals surface area (Å²) >= 11 is 0. The van der Waals surface area contributed by atoms with Crippen molar-refractivity contribution < 1.29 is 19.4 Å². The van der Waals surface area contributed by atoms with Crippen LogP contribution in [0.1, 0.15) is 28.4 Å². The van der Waals surface area contributed by atoms with Gasteiger partial charge < -0.3 is 15.6 Å². The number of hydrogen-bond donors (Lipinski definition) is 2. The zero-order valence-electron chi connectivity index (χ0n) is 17.4. The van der Waals surface area contributed by atoms with Gasteiger partial charge in [0.15, 0.2) is 0 Å². The summed E-state index contributed by atoms with van der Waals surface area (Å²) in [5.41, 5.74) is 9.98. The predicted octanol–water partition coefficient (Wildman–Crippen LogP) is 4.35. The van der Waals surface area contributed by atoms with Crippen molar-refractivity contribution in [2.45, 2.75) is 13.5 Å². The van der Waals surface area contributed by atoms with Crippen LogP contribution in [-0.2, 0) is 11.4 Å². The van der Waals surface area contributed by atoms with E-state index in [9.17, 15) is 9.59 Å². The summed E-state index contributed by atoms with van der Waals surface area (Å²) in [7, 11) is 0. The van der Waals surface area contributed by atoms with Gasteiger partial charge >= 0.3 is 5.97 Å².